The molecule has 0 bridgehead atoms. The van der Waals surface area contributed by atoms with Gasteiger partial charge in [0.15, 0.2) is 11.6 Å². The molecule has 0 aromatic heterocycles. The molecule has 3 rings (SSSR count). The first kappa shape index (κ1) is 15.6. The van der Waals surface area contributed by atoms with Gasteiger partial charge in [0.25, 0.3) is 0 Å². The van der Waals surface area contributed by atoms with E-state index in [1.165, 1.54) is 12.1 Å². The van der Waals surface area contributed by atoms with Crippen LogP contribution in [0.1, 0.15) is 36.4 Å². The van der Waals surface area contributed by atoms with E-state index in [1.54, 1.807) is 25.1 Å². The summed E-state index contributed by atoms with van der Waals surface area (Å²) in [6.45, 7) is 1.70. The first-order valence-electron chi connectivity index (χ1n) is 7.47. The summed E-state index contributed by atoms with van der Waals surface area (Å²) in [4.78, 5) is 12.2. The van der Waals surface area contributed by atoms with E-state index in [9.17, 15) is 18.0 Å². The molecule has 1 aliphatic carbocycles. The molecule has 3 unspecified atom stereocenters. The fraction of sp³-hybridized carbons (Fsp3) is 0.278. The molecule has 1 fully saturated rings. The summed E-state index contributed by atoms with van der Waals surface area (Å²) in [7, 11) is 0. The molecule has 5 heteroatoms. The average molecular weight is 319 g/mol. The monoisotopic (exact) mass is 319 g/mol. The third-order valence-corrected chi connectivity index (χ3v) is 4.23. The summed E-state index contributed by atoms with van der Waals surface area (Å²) in [6.07, 6.45) is 0.595. The van der Waals surface area contributed by atoms with Crippen LogP contribution < -0.4 is 5.32 Å². The van der Waals surface area contributed by atoms with E-state index in [0.717, 1.165) is 12.1 Å². The van der Waals surface area contributed by atoms with Gasteiger partial charge in [-0.15, -0.1) is 0 Å². The molecule has 0 saturated heterocycles. The van der Waals surface area contributed by atoms with Gasteiger partial charge < -0.3 is 5.32 Å². The molecular formula is C18H16F3NO. The summed E-state index contributed by atoms with van der Waals surface area (Å²) in [5, 5.41) is 2.77. The van der Waals surface area contributed by atoms with Crippen molar-refractivity contribution in [3.05, 3.63) is 71.0 Å². The highest BCUT2D eigenvalue weighted by molar-refractivity contribution is 5.83. The van der Waals surface area contributed by atoms with Gasteiger partial charge in [-0.1, -0.05) is 24.3 Å². The van der Waals surface area contributed by atoms with Gasteiger partial charge in [-0.25, -0.2) is 13.2 Å². The van der Waals surface area contributed by atoms with Gasteiger partial charge >= 0.3 is 0 Å². The van der Waals surface area contributed by atoms with Crippen molar-refractivity contribution >= 4 is 5.91 Å². The first-order valence-corrected chi connectivity index (χ1v) is 7.47. The van der Waals surface area contributed by atoms with Crippen LogP contribution in [0.3, 0.4) is 0 Å². The number of rotatable bonds is 4. The second kappa shape index (κ2) is 6.07. The zero-order valence-electron chi connectivity index (χ0n) is 12.5. The minimum Gasteiger partial charge on any atom is -0.349 e. The Bertz CT molecular complexity index is 747. The normalized spacial score (nSPS) is 20.9. The Balaban J connectivity index is 1.64. The second-order valence-corrected chi connectivity index (χ2v) is 5.87. The number of nitrogens with one attached hydrogen (secondary N) is 1. The number of hydrogen-bond donors (Lipinski definition) is 1. The predicted octanol–water partition coefficient (Wildman–Crippen LogP) is 4.08. The Hall–Kier alpha value is -2.30. The van der Waals surface area contributed by atoms with Crippen molar-refractivity contribution in [1.29, 1.82) is 0 Å². The van der Waals surface area contributed by atoms with Crippen molar-refractivity contribution < 1.29 is 18.0 Å². The minimum atomic E-state index is -0.945. The molecule has 0 radical (unpaired) electrons. The van der Waals surface area contributed by atoms with E-state index in [0.29, 0.717) is 17.5 Å². The molecule has 2 aromatic rings. The Kier molecular flexibility index (Phi) is 4.11. The van der Waals surface area contributed by atoms with Crippen LogP contribution in [0.2, 0.25) is 0 Å². The highest BCUT2D eigenvalue weighted by Gasteiger charge is 2.45. The topological polar surface area (TPSA) is 29.1 Å². The number of benzene rings is 2. The summed E-state index contributed by atoms with van der Waals surface area (Å²) >= 11 is 0. The molecule has 120 valence electrons. The number of amides is 1. The zero-order valence-corrected chi connectivity index (χ0v) is 12.5. The smallest absolute Gasteiger partial charge is 0.224 e. The fourth-order valence-electron chi connectivity index (χ4n) is 2.79. The van der Waals surface area contributed by atoms with Crippen molar-refractivity contribution in [2.75, 3.05) is 0 Å². The molecule has 1 N–H and O–H groups in total. The SMILES string of the molecule is CC(NC(=O)C1CC1c1ccccc1F)c1ccc(F)c(F)c1. The van der Waals surface area contributed by atoms with Crippen LogP contribution >= 0.6 is 0 Å². The van der Waals surface area contributed by atoms with Gasteiger partial charge in [-0.05, 0) is 48.6 Å². The summed E-state index contributed by atoms with van der Waals surface area (Å²) in [5.41, 5.74) is 1.04. The van der Waals surface area contributed by atoms with Gasteiger partial charge in [0, 0.05) is 5.92 Å². The van der Waals surface area contributed by atoms with Gasteiger partial charge in [-0.2, -0.15) is 0 Å². The number of halogens is 3. The van der Waals surface area contributed by atoms with E-state index in [-0.39, 0.29) is 23.6 Å². The second-order valence-electron chi connectivity index (χ2n) is 5.87. The highest BCUT2D eigenvalue weighted by Crippen LogP contribution is 2.48. The maximum Gasteiger partial charge on any atom is 0.224 e. The van der Waals surface area contributed by atoms with E-state index in [4.69, 9.17) is 0 Å². The van der Waals surface area contributed by atoms with Crippen molar-refractivity contribution in [3.63, 3.8) is 0 Å². The molecular weight excluding hydrogens is 303 g/mol. The number of carbonyl (C=O) groups is 1. The van der Waals surface area contributed by atoms with E-state index >= 15 is 0 Å². The van der Waals surface area contributed by atoms with Gasteiger partial charge in [0.05, 0.1) is 6.04 Å². The third kappa shape index (κ3) is 3.23. The third-order valence-electron chi connectivity index (χ3n) is 4.23. The molecule has 1 saturated carbocycles. The molecule has 0 spiro atoms. The lowest BCUT2D eigenvalue weighted by molar-refractivity contribution is -0.123. The number of hydrogen-bond acceptors (Lipinski definition) is 1. The maximum atomic E-state index is 13.7. The van der Waals surface area contributed by atoms with Crippen LogP contribution in [0.15, 0.2) is 42.5 Å². The summed E-state index contributed by atoms with van der Waals surface area (Å²) in [6, 6.07) is 9.52. The first-order chi connectivity index (χ1) is 11.0. The van der Waals surface area contributed by atoms with Crippen LogP contribution in [-0.2, 0) is 4.79 Å². The quantitative estimate of drug-likeness (QED) is 0.904. The molecule has 2 aromatic carbocycles. The zero-order chi connectivity index (χ0) is 16.6. The molecule has 1 amide bonds. The van der Waals surface area contributed by atoms with Crippen molar-refractivity contribution in [2.24, 2.45) is 5.92 Å². The van der Waals surface area contributed by atoms with Crippen LogP contribution in [0.4, 0.5) is 13.2 Å². The standard InChI is InChI=1S/C18H16F3NO/c1-10(11-6-7-16(20)17(21)8-11)22-18(23)14-9-13(14)12-4-2-3-5-15(12)19/h2-8,10,13-14H,9H2,1H3,(H,22,23). The lowest BCUT2D eigenvalue weighted by Crippen LogP contribution is -2.28. The fourth-order valence-corrected chi connectivity index (χ4v) is 2.79. The Morgan fingerprint density at radius 1 is 1.09 bits per heavy atom. The van der Waals surface area contributed by atoms with Crippen molar-refractivity contribution in [2.45, 2.75) is 25.3 Å². The largest absolute Gasteiger partial charge is 0.349 e. The van der Waals surface area contributed by atoms with Gasteiger partial charge in [0.2, 0.25) is 5.91 Å². The molecule has 2 nitrogen and oxygen atoms in total. The number of carbonyl (C=O) groups excluding carboxylic acids is 1. The minimum absolute atomic E-state index is 0.117. The van der Waals surface area contributed by atoms with Crippen molar-refractivity contribution in [3.8, 4) is 0 Å². The summed E-state index contributed by atoms with van der Waals surface area (Å²) in [5.74, 6) is -2.77. The Labute approximate surface area is 132 Å². The van der Waals surface area contributed by atoms with Gasteiger partial charge in [0.1, 0.15) is 5.82 Å². The van der Waals surface area contributed by atoms with Crippen LogP contribution in [0.5, 0.6) is 0 Å². The highest BCUT2D eigenvalue weighted by atomic mass is 19.2. The van der Waals surface area contributed by atoms with E-state index in [2.05, 4.69) is 5.32 Å². The van der Waals surface area contributed by atoms with E-state index in [1.807, 2.05) is 0 Å². The molecule has 0 heterocycles. The van der Waals surface area contributed by atoms with Gasteiger partial charge in [-0.3, -0.25) is 4.79 Å². The Morgan fingerprint density at radius 3 is 2.52 bits per heavy atom. The summed E-state index contributed by atoms with van der Waals surface area (Å²) < 4.78 is 39.9. The van der Waals surface area contributed by atoms with Crippen LogP contribution in [0.25, 0.3) is 0 Å². The van der Waals surface area contributed by atoms with Crippen LogP contribution in [0, 0.1) is 23.4 Å². The van der Waals surface area contributed by atoms with E-state index < -0.39 is 17.7 Å². The molecule has 1 aliphatic rings. The molecule has 23 heavy (non-hydrogen) atoms. The predicted molar refractivity (Wildman–Crippen MR) is 80.2 cm³/mol. The Morgan fingerprint density at radius 2 is 1.83 bits per heavy atom. The van der Waals surface area contributed by atoms with Crippen LogP contribution in [-0.4, -0.2) is 5.91 Å². The maximum absolute atomic E-state index is 13.7. The molecule has 3 atom stereocenters. The van der Waals surface area contributed by atoms with Crippen molar-refractivity contribution in [1.82, 2.24) is 5.32 Å². The molecule has 0 aliphatic heterocycles. The average Bonchev–Trinajstić information content (AvgIpc) is 3.31. The lowest BCUT2D eigenvalue weighted by Gasteiger charge is -2.14. The lowest BCUT2D eigenvalue weighted by atomic mass is 10.1.